The van der Waals surface area contributed by atoms with Gasteiger partial charge in [-0.25, -0.2) is 4.39 Å². The van der Waals surface area contributed by atoms with Gasteiger partial charge in [0.1, 0.15) is 11.6 Å². The number of allylic oxidation sites excluding steroid dienone is 3. The lowest BCUT2D eigenvalue weighted by atomic mass is 9.69. The van der Waals surface area contributed by atoms with Gasteiger partial charge >= 0.3 is 0 Å². The summed E-state index contributed by atoms with van der Waals surface area (Å²) in [5.41, 5.74) is 9.60. The fourth-order valence-electron chi connectivity index (χ4n) is 5.14. The topological polar surface area (TPSA) is 125 Å². The summed E-state index contributed by atoms with van der Waals surface area (Å²) >= 11 is 8.66. The standard InChI is InChI=1S/C29H26ClFN6O2S2/c1-15-7-8-18(31)10-20(15)34-23(39)14-40-28-36-35-27(41-28)37-21-11-29(2,3)12-22(38)25(21)24(19(13-32)26(37)33)16-5-4-6-17(30)9-16/h4-10,24H,11-12,14,33H2,1-3H3,(H,34,39). The van der Waals surface area contributed by atoms with Gasteiger partial charge in [0.05, 0.1) is 23.3 Å². The van der Waals surface area contributed by atoms with E-state index in [0.29, 0.717) is 49.9 Å². The highest BCUT2D eigenvalue weighted by Gasteiger charge is 2.45. The SMILES string of the molecule is Cc1ccc(F)cc1NC(=O)CSc1nnc(N2C(N)=C(C#N)C(c3cccc(Cl)c3)C3=C2CC(C)(C)CC3=O)s1. The first-order chi connectivity index (χ1) is 19.5. The zero-order chi connectivity index (χ0) is 29.5. The number of amides is 1. The Morgan fingerprint density at radius 2 is 2.07 bits per heavy atom. The summed E-state index contributed by atoms with van der Waals surface area (Å²) in [5.74, 6) is -1.27. The minimum Gasteiger partial charge on any atom is -0.384 e. The maximum absolute atomic E-state index is 13.6. The summed E-state index contributed by atoms with van der Waals surface area (Å²) in [4.78, 5) is 27.9. The van der Waals surface area contributed by atoms with Crippen molar-refractivity contribution in [3.63, 3.8) is 0 Å². The fourth-order valence-corrected chi connectivity index (χ4v) is 7.02. The number of hydrogen-bond acceptors (Lipinski definition) is 9. The molecular weight excluding hydrogens is 583 g/mol. The lowest BCUT2D eigenvalue weighted by Crippen LogP contribution is -2.42. The van der Waals surface area contributed by atoms with Gasteiger partial charge in [-0.15, -0.1) is 10.2 Å². The maximum Gasteiger partial charge on any atom is 0.234 e. The van der Waals surface area contributed by atoms with Crippen LogP contribution in [-0.4, -0.2) is 27.6 Å². The number of nitrogens with zero attached hydrogens (tertiary/aromatic N) is 4. The molecule has 3 aromatic rings. The number of Topliss-reactive ketones (excluding diaryl/α,β-unsaturated/α-hetero) is 1. The molecule has 0 fully saturated rings. The Kier molecular flexibility index (Phi) is 7.92. The van der Waals surface area contributed by atoms with Gasteiger partial charge in [-0.1, -0.05) is 66.7 Å². The van der Waals surface area contributed by atoms with Crippen LogP contribution in [0.1, 0.15) is 43.7 Å². The number of thioether (sulfide) groups is 1. The van der Waals surface area contributed by atoms with Gasteiger partial charge in [0.15, 0.2) is 10.1 Å². The Morgan fingerprint density at radius 3 is 2.80 bits per heavy atom. The van der Waals surface area contributed by atoms with Crippen LogP contribution >= 0.6 is 34.7 Å². The Bertz CT molecular complexity index is 1680. The number of benzene rings is 2. The highest BCUT2D eigenvalue weighted by molar-refractivity contribution is 8.01. The van der Waals surface area contributed by atoms with Crippen LogP contribution in [0.2, 0.25) is 5.02 Å². The van der Waals surface area contributed by atoms with E-state index >= 15 is 0 Å². The molecule has 2 heterocycles. The van der Waals surface area contributed by atoms with Crippen LogP contribution in [-0.2, 0) is 9.59 Å². The lowest BCUT2D eigenvalue weighted by Gasteiger charge is -2.42. The molecule has 0 bridgehead atoms. The van der Waals surface area contributed by atoms with Crippen molar-refractivity contribution in [2.24, 2.45) is 11.1 Å². The first kappa shape index (κ1) is 28.8. The third-order valence-electron chi connectivity index (χ3n) is 6.95. The molecule has 5 rings (SSSR count). The van der Waals surface area contributed by atoms with Gasteiger partial charge in [-0.2, -0.15) is 5.26 Å². The van der Waals surface area contributed by atoms with Crippen LogP contribution in [0.25, 0.3) is 0 Å². The van der Waals surface area contributed by atoms with Gasteiger partial charge in [-0.3, -0.25) is 14.5 Å². The van der Waals surface area contributed by atoms with E-state index in [1.165, 1.54) is 35.2 Å². The minimum absolute atomic E-state index is 0.0235. The number of rotatable bonds is 6. The zero-order valence-corrected chi connectivity index (χ0v) is 24.9. The van der Waals surface area contributed by atoms with E-state index in [4.69, 9.17) is 17.3 Å². The molecule has 1 aliphatic carbocycles. The van der Waals surface area contributed by atoms with Crippen molar-refractivity contribution in [3.8, 4) is 6.07 Å². The normalized spacial score (nSPS) is 18.3. The number of aromatic nitrogens is 2. The fraction of sp³-hybridized carbons (Fsp3) is 0.276. The molecule has 41 heavy (non-hydrogen) atoms. The van der Waals surface area contributed by atoms with Gasteiger partial charge in [0.2, 0.25) is 11.0 Å². The first-order valence-electron chi connectivity index (χ1n) is 12.7. The number of anilines is 2. The van der Waals surface area contributed by atoms with E-state index in [1.807, 2.05) is 19.9 Å². The third kappa shape index (κ3) is 5.86. The second-order valence-electron chi connectivity index (χ2n) is 10.7. The number of carbonyl (C=O) groups excluding carboxylic acids is 2. The highest BCUT2D eigenvalue weighted by Crippen LogP contribution is 2.51. The van der Waals surface area contributed by atoms with E-state index in [1.54, 1.807) is 36.1 Å². The predicted molar refractivity (Wildman–Crippen MR) is 159 cm³/mol. The van der Waals surface area contributed by atoms with Crippen molar-refractivity contribution >= 4 is 57.2 Å². The quantitative estimate of drug-likeness (QED) is 0.312. The second-order valence-corrected chi connectivity index (χ2v) is 13.3. The van der Waals surface area contributed by atoms with Crippen LogP contribution in [0.5, 0.6) is 0 Å². The number of hydrogen-bond donors (Lipinski definition) is 2. The lowest BCUT2D eigenvalue weighted by molar-refractivity contribution is -0.118. The van der Waals surface area contributed by atoms with Crippen LogP contribution in [0, 0.1) is 29.5 Å². The van der Waals surface area contributed by atoms with Crippen molar-refractivity contribution in [2.75, 3.05) is 16.0 Å². The number of nitriles is 1. The Morgan fingerprint density at radius 1 is 1.29 bits per heavy atom. The summed E-state index contributed by atoms with van der Waals surface area (Å²) < 4.78 is 14.1. The Hall–Kier alpha value is -3.72. The number of carbonyl (C=O) groups is 2. The molecule has 210 valence electrons. The molecule has 2 aromatic carbocycles. The van der Waals surface area contributed by atoms with E-state index in [0.717, 1.165) is 5.56 Å². The second kappa shape index (κ2) is 11.3. The molecule has 0 saturated heterocycles. The average Bonchev–Trinajstić information content (AvgIpc) is 3.36. The Balaban J connectivity index is 1.46. The first-order valence-corrected chi connectivity index (χ1v) is 14.9. The summed E-state index contributed by atoms with van der Waals surface area (Å²) in [6, 6.07) is 13.5. The molecule has 0 spiro atoms. The zero-order valence-electron chi connectivity index (χ0n) is 22.5. The largest absolute Gasteiger partial charge is 0.384 e. The molecule has 12 heteroatoms. The smallest absolute Gasteiger partial charge is 0.234 e. The summed E-state index contributed by atoms with van der Waals surface area (Å²) in [5, 5.41) is 22.4. The van der Waals surface area contributed by atoms with Crippen molar-refractivity contribution in [1.29, 1.82) is 5.26 Å². The molecule has 1 unspecified atom stereocenters. The van der Waals surface area contributed by atoms with Crippen LogP contribution in [0.15, 0.2) is 69.5 Å². The van der Waals surface area contributed by atoms with Crippen molar-refractivity contribution in [1.82, 2.24) is 10.2 Å². The molecule has 1 aliphatic heterocycles. The monoisotopic (exact) mass is 608 g/mol. The van der Waals surface area contributed by atoms with Crippen molar-refractivity contribution in [3.05, 3.63) is 87.1 Å². The molecule has 1 atom stereocenters. The molecule has 0 saturated carbocycles. The van der Waals surface area contributed by atoms with E-state index in [-0.39, 0.29) is 34.3 Å². The van der Waals surface area contributed by atoms with Crippen LogP contribution < -0.4 is 16.0 Å². The molecule has 8 nitrogen and oxygen atoms in total. The average molecular weight is 609 g/mol. The van der Waals surface area contributed by atoms with Crippen LogP contribution in [0.3, 0.4) is 0 Å². The molecule has 2 aliphatic rings. The third-order valence-corrected chi connectivity index (χ3v) is 9.23. The molecule has 3 N–H and O–H groups in total. The van der Waals surface area contributed by atoms with Crippen molar-refractivity contribution < 1.29 is 14.0 Å². The van der Waals surface area contributed by atoms with Crippen LogP contribution in [0.4, 0.5) is 15.2 Å². The summed E-state index contributed by atoms with van der Waals surface area (Å²) in [7, 11) is 0. The molecule has 1 aromatic heterocycles. The molecule has 0 radical (unpaired) electrons. The van der Waals surface area contributed by atoms with E-state index < -0.39 is 11.7 Å². The van der Waals surface area contributed by atoms with E-state index in [2.05, 4.69) is 21.6 Å². The predicted octanol–water partition coefficient (Wildman–Crippen LogP) is 6.31. The summed E-state index contributed by atoms with van der Waals surface area (Å²) in [6.45, 7) is 5.81. The van der Waals surface area contributed by atoms with Gasteiger partial charge < -0.3 is 11.1 Å². The van der Waals surface area contributed by atoms with Gasteiger partial charge in [-0.05, 0) is 54.2 Å². The number of halogens is 2. The molecular formula is C29H26ClFN6O2S2. The number of nitrogens with one attached hydrogen (secondary N) is 1. The van der Waals surface area contributed by atoms with Gasteiger partial charge in [0.25, 0.3) is 0 Å². The van der Waals surface area contributed by atoms with E-state index in [9.17, 15) is 19.2 Å². The molecule has 1 amide bonds. The number of ketones is 1. The minimum atomic E-state index is -0.648. The highest BCUT2D eigenvalue weighted by atomic mass is 35.5. The van der Waals surface area contributed by atoms with Gasteiger partial charge in [0, 0.05) is 28.4 Å². The maximum atomic E-state index is 13.6. The van der Waals surface area contributed by atoms with Crippen molar-refractivity contribution in [2.45, 2.75) is 43.9 Å². The Labute approximate surface area is 250 Å². The number of nitrogens with two attached hydrogens (primary N) is 1. The summed E-state index contributed by atoms with van der Waals surface area (Å²) in [6.07, 6.45) is 0.856. The number of aryl methyl sites for hydroxylation is 1.